The molecule has 4 aromatic rings. The van der Waals surface area contributed by atoms with Crippen molar-refractivity contribution in [2.75, 3.05) is 5.32 Å². The number of carbonyl (C=O) groups is 1. The number of anilines is 1. The van der Waals surface area contributed by atoms with E-state index in [-0.39, 0.29) is 16.0 Å². The molecule has 32 heavy (non-hydrogen) atoms. The van der Waals surface area contributed by atoms with E-state index in [1.807, 2.05) is 30.3 Å². The van der Waals surface area contributed by atoms with E-state index in [4.69, 9.17) is 27.9 Å². The fourth-order valence-electron chi connectivity index (χ4n) is 2.93. The number of nitrogens with zero attached hydrogens (tertiary/aromatic N) is 2. The maximum atomic E-state index is 12.6. The topological polar surface area (TPSA) is 73.2 Å². The molecular formula is C24H17Cl2N3O3. The Morgan fingerprint density at radius 2 is 1.62 bits per heavy atom. The highest BCUT2D eigenvalue weighted by Gasteiger charge is 2.11. The summed E-state index contributed by atoms with van der Waals surface area (Å²) >= 11 is 11.7. The number of rotatable bonds is 6. The molecule has 0 fully saturated rings. The van der Waals surface area contributed by atoms with Gasteiger partial charge in [0.05, 0.1) is 16.9 Å². The van der Waals surface area contributed by atoms with Crippen molar-refractivity contribution in [1.29, 1.82) is 0 Å². The van der Waals surface area contributed by atoms with Gasteiger partial charge in [0.1, 0.15) is 17.4 Å². The van der Waals surface area contributed by atoms with Crippen LogP contribution in [0.1, 0.15) is 15.9 Å². The van der Waals surface area contributed by atoms with Gasteiger partial charge in [0.25, 0.3) is 11.5 Å². The molecule has 0 spiro atoms. The van der Waals surface area contributed by atoms with Gasteiger partial charge in [-0.15, -0.1) is 0 Å². The fourth-order valence-corrected chi connectivity index (χ4v) is 3.18. The molecule has 1 amide bonds. The predicted octanol–water partition coefficient (Wildman–Crippen LogP) is 5.37. The van der Waals surface area contributed by atoms with E-state index in [0.29, 0.717) is 29.3 Å². The molecule has 0 saturated heterocycles. The molecule has 0 aliphatic rings. The third kappa shape index (κ3) is 4.99. The number of amides is 1. The molecule has 1 heterocycles. The predicted molar refractivity (Wildman–Crippen MR) is 125 cm³/mol. The SMILES string of the molecule is O=C(Nc1ccc(OCc2ccccc2)cc1)c1ccc(-n2ncc(Cl)c(Cl)c2=O)cc1. The zero-order chi connectivity index (χ0) is 22.5. The van der Waals surface area contributed by atoms with Gasteiger partial charge in [-0.1, -0.05) is 53.5 Å². The average molecular weight is 466 g/mol. The van der Waals surface area contributed by atoms with E-state index in [1.54, 1.807) is 48.5 Å². The minimum Gasteiger partial charge on any atom is -0.489 e. The van der Waals surface area contributed by atoms with Crippen LogP contribution in [-0.2, 0) is 6.61 Å². The van der Waals surface area contributed by atoms with E-state index in [2.05, 4.69) is 10.4 Å². The summed E-state index contributed by atoms with van der Waals surface area (Å²) in [6, 6.07) is 23.4. The molecule has 0 aliphatic carbocycles. The summed E-state index contributed by atoms with van der Waals surface area (Å²) in [5.74, 6) is 0.416. The van der Waals surface area contributed by atoms with Crippen molar-refractivity contribution in [2.24, 2.45) is 0 Å². The molecule has 0 unspecified atom stereocenters. The molecule has 0 aliphatic heterocycles. The lowest BCUT2D eigenvalue weighted by Crippen LogP contribution is -2.21. The van der Waals surface area contributed by atoms with Crippen LogP contribution in [0.3, 0.4) is 0 Å². The molecule has 1 N–H and O–H groups in total. The quantitative estimate of drug-likeness (QED) is 0.415. The Labute approximate surface area is 194 Å². The van der Waals surface area contributed by atoms with Crippen LogP contribution >= 0.6 is 23.2 Å². The van der Waals surface area contributed by atoms with Crippen LogP contribution in [0.15, 0.2) is 89.9 Å². The summed E-state index contributed by atoms with van der Waals surface area (Å²) in [4.78, 5) is 24.8. The van der Waals surface area contributed by atoms with Crippen LogP contribution in [-0.4, -0.2) is 15.7 Å². The summed E-state index contributed by atoms with van der Waals surface area (Å²) in [6.45, 7) is 0.468. The van der Waals surface area contributed by atoms with Crippen LogP contribution in [0.25, 0.3) is 5.69 Å². The third-order valence-electron chi connectivity index (χ3n) is 4.61. The first-order valence-electron chi connectivity index (χ1n) is 9.63. The minimum atomic E-state index is -0.536. The molecule has 3 aromatic carbocycles. The van der Waals surface area contributed by atoms with Gasteiger partial charge in [0.2, 0.25) is 0 Å². The van der Waals surface area contributed by atoms with E-state index >= 15 is 0 Å². The summed E-state index contributed by atoms with van der Waals surface area (Å²) in [6.07, 6.45) is 1.29. The van der Waals surface area contributed by atoms with Crippen LogP contribution in [0, 0.1) is 0 Å². The Morgan fingerprint density at radius 3 is 2.31 bits per heavy atom. The van der Waals surface area contributed by atoms with Crippen molar-refractivity contribution in [1.82, 2.24) is 9.78 Å². The Hall–Kier alpha value is -3.61. The normalized spacial score (nSPS) is 10.6. The van der Waals surface area contributed by atoms with Crippen molar-refractivity contribution in [3.8, 4) is 11.4 Å². The highest BCUT2D eigenvalue weighted by Crippen LogP contribution is 2.19. The number of carbonyl (C=O) groups excluding carboxylic acids is 1. The van der Waals surface area contributed by atoms with Crippen LogP contribution in [0.5, 0.6) is 5.75 Å². The third-order valence-corrected chi connectivity index (χ3v) is 5.36. The number of aromatic nitrogens is 2. The Morgan fingerprint density at radius 1 is 0.938 bits per heavy atom. The highest BCUT2D eigenvalue weighted by molar-refractivity contribution is 6.41. The highest BCUT2D eigenvalue weighted by atomic mass is 35.5. The van der Waals surface area contributed by atoms with Gasteiger partial charge in [-0.25, -0.2) is 0 Å². The lowest BCUT2D eigenvalue weighted by atomic mass is 10.2. The first-order valence-corrected chi connectivity index (χ1v) is 10.4. The molecule has 0 radical (unpaired) electrons. The largest absolute Gasteiger partial charge is 0.489 e. The maximum absolute atomic E-state index is 12.6. The second-order valence-electron chi connectivity index (χ2n) is 6.82. The van der Waals surface area contributed by atoms with Gasteiger partial charge in [-0.05, 0) is 54.1 Å². The second-order valence-corrected chi connectivity index (χ2v) is 7.61. The first kappa shape index (κ1) is 21.6. The average Bonchev–Trinajstić information content (AvgIpc) is 2.83. The van der Waals surface area contributed by atoms with Crippen molar-refractivity contribution >= 4 is 34.8 Å². The van der Waals surface area contributed by atoms with Crippen molar-refractivity contribution in [3.63, 3.8) is 0 Å². The zero-order valence-corrected chi connectivity index (χ0v) is 18.2. The Bertz CT molecular complexity index is 1290. The molecule has 1 aromatic heterocycles. The first-order chi connectivity index (χ1) is 15.5. The Balaban J connectivity index is 1.39. The fraction of sp³-hybridized carbons (Fsp3) is 0.0417. The van der Waals surface area contributed by atoms with E-state index in [9.17, 15) is 9.59 Å². The number of benzene rings is 3. The molecule has 160 valence electrons. The monoisotopic (exact) mass is 465 g/mol. The number of hydrogen-bond acceptors (Lipinski definition) is 4. The molecule has 4 rings (SSSR count). The van der Waals surface area contributed by atoms with Gasteiger partial charge in [-0.2, -0.15) is 9.78 Å². The van der Waals surface area contributed by atoms with Gasteiger partial charge < -0.3 is 10.1 Å². The molecule has 8 heteroatoms. The van der Waals surface area contributed by atoms with Gasteiger partial charge in [0, 0.05) is 11.3 Å². The summed E-state index contributed by atoms with van der Waals surface area (Å²) in [5.41, 5.74) is 2.06. The van der Waals surface area contributed by atoms with E-state index < -0.39 is 5.56 Å². The van der Waals surface area contributed by atoms with Gasteiger partial charge in [-0.3, -0.25) is 9.59 Å². The van der Waals surface area contributed by atoms with E-state index in [0.717, 1.165) is 10.2 Å². The minimum absolute atomic E-state index is 0.0837. The van der Waals surface area contributed by atoms with Crippen LogP contribution < -0.4 is 15.6 Å². The van der Waals surface area contributed by atoms with Gasteiger partial charge in [0.15, 0.2) is 0 Å². The number of hydrogen-bond donors (Lipinski definition) is 1. The van der Waals surface area contributed by atoms with Crippen molar-refractivity contribution in [2.45, 2.75) is 6.61 Å². The molecule has 0 atom stereocenters. The molecule has 0 bridgehead atoms. The summed E-state index contributed by atoms with van der Waals surface area (Å²) in [7, 11) is 0. The number of nitrogens with one attached hydrogen (secondary N) is 1. The zero-order valence-electron chi connectivity index (χ0n) is 16.7. The van der Waals surface area contributed by atoms with Crippen LogP contribution in [0.2, 0.25) is 10.0 Å². The van der Waals surface area contributed by atoms with E-state index in [1.165, 1.54) is 6.20 Å². The van der Waals surface area contributed by atoms with Crippen molar-refractivity contribution < 1.29 is 9.53 Å². The number of halogens is 2. The molecule has 6 nitrogen and oxygen atoms in total. The van der Waals surface area contributed by atoms with Crippen LogP contribution in [0.4, 0.5) is 5.69 Å². The van der Waals surface area contributed by atoms with Crippen molar-refractivity contribution in [3.05, 3.63) is 117 Å². The molecular weight excluding hydrogens is 449 g/mol. The Kier molecular flexibility index (Phi) is 6.54. The molecule has 0 saturated carbocycles. The second kappa shape index (κ2) is 9.68. The lowest BCUT2D eigenvalue weighted by molar-refractivity contribution is 0.102. The smallest absolute Gasteiger partial charge is 0.291 e. The number of ether oxygens (including phenoxy) is 1. The van der Waals surface area contributed by atoms with Gasteiger partial charge >= 0.3 is 0 Å². The summed E-state index contributed by atoms with van der Waals surface area (Å²) in [5, 5.41) is 6.77. The standard InChI is InChI=1S/C24H17Cl2N3O3/c25-21-14-27-29(24(31)22(21)26)19-10-6-17(7-11-19)23(30)28-18-8-12-20(13-9-18)32-15-16-4-2-1-3-5-16/h1-14H,15H2,(H,28,30). The summed E-state index contributed by atoms with van der Waals surface area (Å²) < 4.78 is 6.87. The lowest BCUT2D eigenvalue weighted by Gasteiger charge is -2.09. The maximum Gasteiger partial charge on any atom is 0.291 e.